The molecule has 0 saturated carbocycles. The van der Waals surface area contributed by atoms with E-state index in [0.29, 0.717) is 24.7 Å². The highest BCUT2D eigenvalue weighted by Gasteiger charge is 2.27. The van der Waals surface area contributed by atoms with Crippen molar-refractivity contribution in [3.63, 3.8) is 0 Å². The molecule has 0 radical (unpaired) electrons. The summed E-state index contributed by atoms with van der Waals surface area (Å²) in [5, 5.41) is 9.54. The van der Waals surface area contributed by atoms with Crippen LogP contribution in [0.1, 0.15) is 17.7 Å². The number of benzene rings is 1. The molecule has 140 valence electrons. The number of hydrogen-bond acceptors (Lipinski definition) is 5. The quantitative estimate of drug-likeness (QED) is 0.882. The van der Waals surface area contributed by atoms with E-state index in [-0.39, 0.29) is 12.2 Å². The van der Waals surface area contributed by atoms with Gasteiger partial charge in [0.05, 0.1) is 0 Å². The molecular weight excluding hydrogens is 345 g/mol. The highest BCUT2D eigenvalue weighted by molar-refractivity contribution is 5.31. The maximum Gasteiger partial charge on any atom is 0.389 e. The monoisotopic (exact) mass is 366 g/mol. The number of piperazine rings is 1. The molecular formula is C18H21F3N4O. The summed E-state index contributed by atoms with van der Waals surface area (Å²) >= 11 is 0. The molecule has 1 aromatic carbocycles. The number of hydrogen-bond donors (Lipinski definition) is 1. The van der Waals surface area contributed by atoms with Crippen molar-refractivity contribution in [1.29, 1.82) is 0 Å². The average molecular weight is 366 g/mol. The summed E-state index contributed by atoms with van der Waals surface area (Å²) in [5.74, 6) is 0.742. The van der Waals surface area contributed by atoms with Gasteiger partial charge in [0.15, 0.2) is 0 Å². The molecule has 1 aliphatic rings. The highest BCUT2D eigenvalue weighted by atomic mass is 19.4. The minimum Gasteiger partial charge on any atom is -0.508 e. The van der Waals surface area contributed by atoms with Crippen molar-refractivity contribution >= 4 is 5.95 Å². The van der Waals surface area contributed by atoms with Gasteiger partial charge < -0.3 is 10.0 Å². The summed E-state index contributed by atoms with van der Waals surface area (Å²) in [6.07, 6.45) is -3.66. The lowest BCUT2D eigenvalue weighted by atomic mass is 10.2. The predicted octanol–water partition coefficient (Wildman–Crippen LogP) is 3.00. The maximum atomic E-state index is 12.4. The summed E-state index contributed by atoms with van der Waals surface area (Å²) in [4.78, 5) is 12.8. The molecule has 5 nitrogen and oxygen atoms in total. The fraction of sp³-hybridized carbons (Fsp3) is 0.444. The third-order valence-corrected chi connectivity index (χ3v) is 4.34. The number of aromatic nitrogens is 2. The molecule has 2 heterocycles. The van der Waals surface area contributed by atoms with Crippen LogP contribution in [0.2, 0.25) is 0 Å². The summed E-state index contributed by atoms with van der Waals surface area (Å²) in [7, 11) is 0. The van der Waals surface area contributed by atoms with Crippen molar-refractivity contribution in [1.82, 2.24) is 14.9 Å². The number of phenolic OH excluding ortho intramolecular Hbond substituents is 1. The largest absolute Gasteiger partial charge is 0.508 e. The standard InChI is InChI=1S/C18H21F3N4O/c19-18(20,21)6-4-15-5-7-22-17(23-15)25-10-8-24(9-11-25)13-14-2-1-3-16(26)12-14/h1-3,5,7,12,26H,4,6,8-11,13H2. The van der Waals surface area contributed by atoms with Crippen molar-refractivity contribution in [2.75, 3.05) is 31.1 Å². The van der Waals surface area contributed by atoms with Gasteiger partial charge in [-0.25, -0.2) is 9.97 Å². The SMILES string of the molecule is Oc1cccc(CN2CCN(c3nccc(CCC(F)(F)F)n3)CC2)c1. The molecule has 0 amide bonds. The molecule has 8 heteroatoms. The minimum absolute atomic E-state index is 0.128. The third kappa shape index (κ3) is 5.32. The normalized spacial score (nSPS) is 16.0. The van der Waals surface area contributed by atoms with Gasteiger partial charge in [-0.3, -0.25) is 4.90 Å². The zero-order valence-corrected chi connectivity index (χ0v) is 14.3. The smallest absolute Gasteiger partial charge is 0.389 e. The Balaban J connectivity index is 1.54. The zero-order chi connectivity index (χ0) is 18.6. The Bertz CT molecular complexity index is 730. The van der Waals surface area contributed by atoms with Crippen molar-refractivity contribution in [2.24, 2.45) is 0 Å². The van der Waals surface area contributed by atoms with Crippen LogP contribution in [0.25, 0.3) is 0 Å². The van der Waals surface area contributed by atoms with Gasteiger partial charge in [-0.1, -0.05) is 12.1 Å². The van der Waals surface area contributed by atoms with Crippen LogP contribution in [0.3, 0.4) is 0 Å². The van der Waals surface area contributed by atoms with Crippen molar-refractivity contribution < 1.29 is 18.3 Å². The van der Waals surface area contributed by atoms with Crippen molar-refractivity contribution in [2.45, 2.75) is 25.6 Å². The maximum absolute atomic E-state index is 12.4. The number of phenols is 1. The first-order valence-electron chi connectivity index (χ1n) is 8.53. The van der Waals surface area contributed by atoms with Gasteiger partial charge in [-0.15, -0.1) is 0 Å². The second kappa shape index (κ2) is 7.90. The lowest BCUT2D eigenvalue weighted by Gasteiger charge is -2.34. The predicted molar refractivity (Wildman–Crippen MR) is 92.0 cm³/mol. The van der Waals surface area contributed by atoms with Gasteiger partial charge in [0.1, 0.15) is 5.75 Å². The van der Waals surface area contributed by atoms with Crippen LogP contribution < -0.4 is 4.90 Å². The molecule has 1 aliphatic heterocycles. The summed E-state index contributed by atoms with van der Waals surface area (Å²) in [6.45, 7) is 3.76. The van der Waals surface area contributed by atoms with Crippen LogP contribution in [0, 0.1) is 0 Å². The average Bonchev–Trinajstić information content (AvgIpc) is 2.60. The van der Waals surface area contributed by atoms with E-state index in [4.69, 9.17) is 0 Å². The van der Waals surface area contributed by atoms with Gasteiger partial charge in [-0.2, -0.15) is 13.2 Å². The molecule has 0 spiro atoms. The van der Waals surface area contributed by atoms with Gasteiger partial charge in [0.25, 0.3) is 0 Å². The number of anilines is 1. The van der Waals surface area contributed by atoms with E-state index < -0.39 is 12.6 Å². The van der Waals surface area contributed by atoms with Crippen LogP contribution in [-0.4, -0.2) is 52.3 Å². The molecule has 0 atom stereocenters. The molecule has 26 heavy (non-hydrogen) atoms. The lowest BCUT2D eigenvalue weighted by molar-refractivity contribution is -0.134. The number of halogens is 3. The van der Waals surface area contributed by atoms with Gasteiger partial charge >= 0.3 is 6.18 Å². The van der Waals surface area contributed by atoms with E-state index in [1.54, 1.807) is 12.1 Å². The van der Waals surface area contributed by atoms with E-state index in [1.807, 2.05) is 17.0 Å². The summed E-state index contributed by atoms with van der Waals surface area (Å²) in [6, 6.07) is 8.72. The Hall–Kier alpha value is -2.35. The van der Waals surface area contributed by atoms with Crippen LogP contribution >= 0.6 is 0 Å². The van der Waals surface area contributed by atoms with Crippen LogP contribution in [0.4, 0.5) is 19.1 Å². The minimum atomic E-state index is -4.18. The molecule has 1 N–H and O–H groups in total. The Morgan fingerprint density at radius 3 is 2.54 bits per heavy atom. The summed E-state index contributed by atoms with van der Waals surface area (Å²) in [5.41, 5.74) is 1.46. The number of aryl methyl sites for hydroxylation is 1. The zero-order valence-electron chi connectivity index (χ0n) is 14.3. The van der Waals surface area contributed by atoms with Crippen molar-refractivity contribution in [3.8, 4) is 5.75 Å². The lowest BCUT2D eigenvalue weighted by Crippen LogP contribution is -2.46. The Morgan fingerprint density at radius 1 is 1.08 bits per heavy atom. The first-order chi connectivity index (χ1) is 12.4. The Kier molecular flexibility index (Phi) is 5.61. The summed E-state index contributed by atoms with van der Waals surface area (Å²) < 4.78 is 37.1. The topological polar surface area (TPSA) is 52.5 Å². The van der Waals surface area contributed by atoms with Crippen LogP contribution in [-0.2, 0) is 13.0 Å². The molecule has 3 rings (SSSR count). The van der Waals surface area contributed by atoms with Crippen LogP contribution in [0.15, 0.2) is 36.5 Å². The Labute approximate surface area is 150 Å². The molecule has 0 unspecified atom stereocenters. The van der Waals surface area contributed by atoms with E-state index in [2.05, 4.69) is 14.9 Å². The molecule has 1 saturated heterocycles. The molecule has 1 fully saturated rings. The fourth-order valence-electron chi connectivity index (χ4n) is 2.96. The number of nitrogens with zero attached hydrogens (tertiary/aromatic N) is 4. The number of alkyl halides is 3. The second-order valence-electron chi connectivity index (χ2n) is 6.40. The second-order valence-corrected chi connectivity index (χ2v) is 6.40. The molecule has 0 aliphatic carbocycles. The van der Waals surface area contributed by atoms with Gasteiger partial charge in [0, 0.05) is 51.0 Å². The first-order valence-corrected chi connectivity index (χ1v) is 8.53. The van der Waals surface area contributed by atoms with Gasteiger partial charge in [0.2, 0.25) is 5.95 Å². The molecule has 0 bridgehead atoms. The van der Waals surface area contributed by atoms with Gasteiger partial charge in [-0.05, 0) is 30.2 Å². The molecule has 2 aromatic rings. The third-order valence-electron chi connectivity index (χ3n) is 4.34. The Morgan fingerprint density at radius 2 is 1.85 bits per heavy atom. The molecule has 1 aromatic heterocycles. The van der Waals surface area contributed by atoms with Crippen LogP contribution in [0.5, 0.6) is 5.75 Å². The first kappa shape index (κ1) is 18.4. The van der Waals surface area contributed by atoms with E-state index in [1.165, 1.54) is 12.3 Å². The highest BCUT2D eigenvalue weighted by Crippen LogP contribution is 2.22. The van der Waals surface area contributed by atoms with E-state index in [0.717, 1.165) is 25.2 Å². The van der Waals surface area contributed by atoms with Crippen molar-refractivity contribution in [3.05, 3.63) is 47.8 Å². The van der Waals surface area contributed by atoms with E-state index in [9.17, 15) is 18.3 Å². The number of aromatic hydroxyl groups is 1. The fourth-order valence-corrected chi connectivity index (χ4v) is 2.96. The van der Waals surface area contributed by atoms with E-state index >= 15 is 0 Å². The number of rotatable bonds is 5.